The molecule has 0 radical (unpaired) electrons. The topological polar surface area (TPSA) is 110 Å². The molecule has 5 rings (SSSR count). The molecule has 0 saturated carbocycles. The minimum absolute atomic E-state index is 0.145. The molecule has 8 nitrogen and oxygen atoms in total. The van der Waals surface area contributed by atoms with Gasteiger partial charge in [-0.2, -0.15) is 0 Å². The van der Waals surface area contributed by atoms with Crippen LogP contribution < -0.4 is 9.80 Å². The monoisotopic (exact) mass is 462 g/mol. The van der Waals surface area contributed by atoms with E-state index in [1.807, 2.05) is 6.92 Å². The number of aromatic amines is 1. The van der Waals surface area contributed by atoms with E-state index in [1.54, 1.807) is 60.7 Å². The zero-order valence-corrected chi connectivity index (χ0v) is 18.5. The number of aromatic nitrogens is 2. The third-order valence-corrected chi connectivity index (χ3v) is 6.18. The lowest BCUT2D eigenvalue weighted by atomic mass is 9.93. The molecule has 2 amide bonds. The molecule has 166 valence electrons. The fourth-order valence-corrected chi connectivity index (χ4v) is 4.38. The normalized spacial score (nSPS) is 17.5. The summed E-state index contributed by atoms with van der Waals surface area (Å²) in [6.07, 6.45) is -1.16. The molecule has 0 spiro atoms. The smallest absolute Gasteiger partial charge is 0.413 e. The van der Waals surface area contributed by atoms with E-state index in [1.165, 1.54) is 11.9 Å². The van der Waals surface area contributed by atoms with E-state index < -0.39 is 11.8 Å². The number of carbonyl (C=O) groups is 2. The maximum absolute atomic E-state index is 13.5. The predicted octanol–water partition coefficient (Wildman–Crippen LogP) is 4.49. The van der Waals surface area contributed by atoms with Crippen LogP contribution in [0.2, 0.25) is 5.02 Å². The van der Waals surface area contributed by atoms with Gasteiger partial charge in [-0.05, 0) is 42.8 Å². The lowest BCUT2D eigenvalue weighted by molar-refractivity contribution is 0.0703. The van der Waals surface area contributed by atoms with E-state index in [4.69, 9.17) is 11.6 Å². The summed E-state index contributed by atoms with van der Waals surface area (Å²) < 4.78 is 0. The number of aliphatic hydroxyl groups is 1. The number of halogens is 1. The Morgan fingerprint density at radius 1 is 1.15 bits per heavy atom. The lowest BCUT2D eigenvalue weighted by Gasteiger charge is -2.35. The SMILES string of the molecule is Cc1ccc(Cl)cc1N1C(=O)c2ccccc2C1(O)c1ccc2nc(N(C)C(=O)O)[nH]c2c1. The number of fused-ring (bicyclic) bond motifs is 2. The number of nitrogens with zero attached hydrogens (tertiary/aromatic N) is 3. The van der Waals surface area contributed by atoms with E-state index in [-0.39, 0.29) is 11.9 Å². The largest absolute Gasteiger partial charge is 0.465 e. The first-order valence-electron chi connectivity index (χ1n) is 10.1. The number of hydrogen-bond donors (Lipinski definition) is 3. The van der Waals surface area contributed by atoms with Gasteiger partial charge in [-0.15, -0.1) is 0 Å². The summed E-state index contributed by atoms with van der Waals surface area (Å²) in [6, 6.07) is 17.1. The Labute approximate surface area is 193 Å². The molecule has 0 saturated heterocycles. The molecule has 4 aromatic rings. The highest BCUT2D eigenvalue weighted by atomic mass is 35.5. The Balaban J connectivity index is 1.74. The van der Waals surface area contributed by atoms with Gasteiger partial charge >= 0.3 is 6.09 Å². The minimum Gasteiger partial charge on any atom is -0.465 e. The predicted molar refractivity (Wildman–Crippen MR) is 125 cm³/mol. The van der Waals surface area contributed by atoms with Crippen molar-refractivity contribution in [2.24, 2.45) is 0 Å². The third kappa shape index (κ3) is 3.06. The Hall–Kier alpha value is -3.88. The van der Waals surface area contributed by atoms with Gasteiger partial charge in [0.05, 0.1) is 16.7 Å². The molecular weight excluding hydrogens is 444 g/mol. The zero-order valence-electron chi connectivity index (χ0n) is 17.7. The van der Waals surface area contributed by atoms with E-state index in [2.05, 4.69) is 9.97 Å². The highest BCUT2D eigenvalue weighted by Crippen LogP contribution is 2.46. The van der Waals surface area contributed by atoms with Crippen molar-refractivity contribution in [1.29, 1.82) is 0 Å². The Morgan fingerprint density at radius 3 is 2.67 bits per heavy atom. The summed E-state index contributed by atoms with van der Waals surface area (Å²) in [6.45, 7) is 1.84. The maximum Gasteiger partial charge on any atom is 0.413 e. The van der Waals surface area contributed by atoms with E-state index in [9.17, 15) is 19.8 Å². The van der Waals surface area contributed by atoms with Crippen LogP contribution in [-0.4, -0.2) is 39.2 Å². The number of hydrogen-bond acceptors (Lipinski definition) is 4. The number of H-pyrrole nitrogens is 1. The van der Waals surface area contributed by atoms with Gasteiger partial charge in [0.15, 0.2) is 5.72 Å². The first kappa shape index (κ1) is 21.0. The van der Waals surface area contributed by atoms with Gasteiger partial charge in [0.25, 0.3) is 5.91 Å². The molecule has 1 unspecified atom stereocenters. The zero-order chi connectivity index (χ0) is 23.5. The quantitative estimate of drug-likeness (QED) is 0.415. The molecular formula is C24H19ClN4O4. The van der Waals surface area contributed by atoms with Gasteiger partial charge in [0.1, 0.15) is 0 Å². The highest BCUT2D eigenvalue weighted by molar-refractivity contribution is 6.31. The molecule has 1 aliphatic heterocycles. The number of carbonyl (C=O) groups excluding carboxylic acids is 1. The second-order valence-electron chi connectivity index (χ2n) is 7.92. The van der Waals surface area contributed by atoms with Crippen LogP contribution in [0.1, 0.15) is 27.0 Å². The van der Waals surface area contributed by atoms with Crippen LogP contribution in [0.15, 0.2) is 60.7 Å². The molecule has 0 aliphatic carbocycles. The second kappa shape index (κ2) is 7.33. The van der Waals surface area contributed by atoms with Crippen LogP contribution in [0, 0.1) is 6.92 Å². The first-order valence-corrected chi connectivity index (χ1v) is 10.5. The van der Waals surface area contributed by atoms with Crippen molar-refractivity contribution in [2.45, 2.75) is 12.6 Å². The summed E-state index contributed by atoms with van der Waals surface area (Å²) in [4.78, 5) is 34.4. The third-order valence-electron chi connectivity index (χ3n) is 5.95. The van der Waals surface area contributed by atoms with E-state index >= 15 is 0 Å². The lowest BCUT2D eigenvalue weighted by Crippen LogP contribution is -2.45. The minimum atomic E-state index is -1.82. The molecule has 0 fully saturated rings. The van der Waals surface area contributed by atoms with Gasteiger partial charge < -0.3 is 15.2 Å². The van der Waals surface area contributed by atoms with E-state index in [0.29, 0.717) is 38.4 Å². The molecule has 0 bridgehead atoms. The summed E-state index contributed by atoms with van der Waals surface area (Å²) in [5.41, 5.74) is 1.72. The molecule has 2 heterocycles. The number of amides is 2. The van der Waals surface area contributed by atoms with Crippen LogP contribution >= 0.6 is 11.6 Å². The Kier molecular flexibility index (Phi) is 4.66. The Bertz CT molecular complexity index is 1450. The summed E-state index contributed by atoms with van der Waals surface area (Å²) >= 11 is 6.24. The van der Waals surface area contributed by atoms with Crippen molar-refractivity contribution < 1.29 is 19.8 Å². The van der Waals surface area contributed by atoms with E-state index in [0.717, 1.165) is 10.5 Å². The molecule has 3 N–H and O–H groups in total. The van der Waals surface area contributed by atoms with Gasteiger partial charge in [-0.25, -0.2) is 9.78 Å². The fourth-order valence-electron chi connectivity index (χ4n) is 4.22. The summed E-state index contributed by atoms with van der Waals surface area (Å²) in [5.74, 6) is -0.207. The number of anilines is 2. The van der Waals surface area contributed by atoms with Crippen molar-refractivity contribution >= 4 is 46.3 Å². The molecule has 3 aromatic carbocycles. The average Bonchev–Trinajstić information content (AvgIpc) is 3.32. The number of aryl methyl sites for hydroxylation is 1. The van der Waals surface area contributed by atoms with Gasteiger partial charge in [0.2, 0.25) is 5.95 Å². The van der Waals surface area contributed by atoms with Crippen molar-refractivity contribution in [3.05, 3.63) is 87.9 Å². The van der Waals surface area contributed by atoms with Gasteiger partial charge in [-0.3, -0.25) is 14.6 Å². The molecule has 33 heavy (non-hydrogen) atoms. The Morgan fingerprint density at radius 2 is 1.91 bits per heavy atom. The van der Waals surface area contributed by atoms with Crippen LogP contribution in [0.3, 0.4) is 0 Å². The number of benzene rings is 3. The maximum atomic E-state index is 13.5. The van der Waals surface area contributed by atoms with Crippen molar-refractivity contribution in [3.63, 3.8) is 0 Å². The highest BCUT2D eigenvalue weighted by Gasteiger charge is 2.51. The standard InChI is InChI=1S/C24H19ClN4O4/c1-13-7-9-15(25)12-20(13)29-21(30)16-5-3-4-6-17(16)24(29,33)14-8-10-18-19(11-14)27-22(26-18)28(2)23(31)32/h3-12,33H,1-2H3,(H,26,27)(H,31,32). The van der Waals surface area contributed by atoms with Crippen LogP contribution in [-0.2, 0) is 5.72 Å². The van der Waals surface area contributed by atoms with Gasteiger partial charge in [0, 0.05) is 28.8 Å². The molecule has 1 aliphatic rings. The fraction of sp³-hybridized carbons (Fsp3) is 0.125. The molecule has 1 aromatic heterocycles. The van der Waals surface area contributed by atoms with Gasteiger partial charge in [-0.1, -0.05) is 41.9 Å². The van der Waals surface area contributed by atoms with Crippen molar-refractivity contribution in [2.75, 3.05) is 16.8 Å². The molecule has 9 heteroatoms. The first-order chi connectivity index (χ1) is 15.7. The van der Waals surface area contributed by atoms with Crippen molar-refractivity contribution in [3.8, 4) is 0 Å². The number of nitrogens with one attached hydrogen (secondary N) is 1. The number of imidazole rings is 1. The summed E-state index contributed by atoms with van der Waals surface area (Å²) in [7, 11) is 1.38. The van der Waals surface area contributed by atoms with Crippen LogP contribution in [0.25, 0.3) is 11.0 Å². The second-order valence-corrected chi connectivity index (χ2v) is 8.36. The van der Waals surface area contributed by atoms with Crippen LogP contribution in [0.5, 0.6) is 0 Å². The number of rotatable bonds is 3. The van der Waals surface area contributed by atoms with Crippen LogP contribution in [0.4, 0.5) is 16.4 Å². The molecule has 1 atom stereocenters. The van der Waals surface area contributed by atoms with Crippen molar-refractivity contribution in [1.82, 2.24) is 9.97 Å². The number of carboxylic acid groups (broad SMARTS) is 1. The average molecular weight is 463 g/mol. The summed E-state index contributed by atoms with van der Waals surface area (Å²) in [5, 5.41) is 21.9.